The summed E-state index contributed by atoms with van der Waals surface area (Å²) in [6.07, 6.45) is 4.03. The first-order valence-electron chi connectivity index (χ1n) is 19.7. The van der Waals surface area contributed by atoms with Crippen molar-refractivity contribution in [2.24, 2.45) is 5.73 Å². The number of nitrogens with one attached hydrogen (secondary N) is 3. The molecule has 0 unspecified atom stereocenters. The first-order valence-corrected chi connectivity index (χ1v) is 20.1. The van der Waals surface area contributed by atoms with E-state index in [-0.39, 0.29) is 31.2 Å². The number of guanidine groups is 1. The van der Waals surface area contributed by atoms with Crippen LogP contribution in [0.3, 0.4) is 0 Å². The van der Waals surface area contributed by atoms with Gasteiger partial charge in [-0.25, -0.2) is 4.79 Å². The van der Waals surface area contributed by atoms with Gasteiger partial charge >= 0.3 is 5.97 Å². The minimum atomic E-state index is -0.936. The number of fused-ring (bicyclic) bond motifs is 1. The van der Waals surface area contributed by atoms with Gasteiger partial charge < -0.3 is 45.2 Å². The number of aromatic nitrogens is 1. The highest BCUT2D eigenvalue weighted by Crippen LogP contribution is 2.38. The number of carbonyl (C=O) groups excluding carboxylic acids is 2. The third kappa shape index (κ3) is 12.0. The summed E-state index contributed by atoms with van der Waals surface area (Å²) >= 11 is 6.86. The number of nitrogens with zero attached hydrogens (tertiary/aromatic N) is 2. The number of pyridine rings is 1. The van der Waals surface area contributed by atoms with Crippen molar-refractivity contribution in [3.63, 3.8) is 0 Å². The largest absolute Gasteiger partial charge is 0.488 e. The number of esters is 1. The number of halogens is 1. The second-order valence-electron chi connectivity index (χ2n) is 15.7. The van der Waals surface area contributed by atoms with Gasteiger partial charge in [0.1, 0.15) is 49.6 Å². The summed E-state index contributed by atoms with van der Waals surface area (Å²) in [5.74, 6) is 1.19. The molecule has 1 saturated heterocycles. The van der Waals surface area contributed by atoms with Gasteiger partial charge in [0.2, 0.25) is 0 Å². The highest BCUT2D eigenvalue weighted by molar-refractivity contribution is 6.32. The summed E-state index contributed by atoms with van der Waals surface area (Å²) in [7, 11) is 0. The predicted molar refractivity (Wildman–Crippen MR) is 224 cm³/mol. The number of amides is 1. The Hall–Kier alpha value is -5.57. The third-order valence-corrected chi connectivity index (χ3v) is 10.2. The third-order valence-electron chi connectivity index (χ3n) is 9.87. The van der Waals surface area contributed by atoms with Gasteiger partial charge in [0, 0.05) is 55.8 Å². The first-order chi connectivity index (χ1) is 28.2. The maximum atomic E-state index is 13.5. The van der Waals surface area contributed by atoms with Gasteiger partial charge in [-0.2, -0.15) is 0 Å². The molecule has 59 heavy (non-hydrogen) atoms. The topological polar surface area (TPSA) is 191 Å². The summed E-state index contributed by atoms with van der Waals surface area (Å²) < 4.78 is 29.9. The molecule has 6 rings (SSSR count). The van der Waals surface area contributed by atoms with Gasteiger partial charge in [-0.05, 0) is 93.5 Å². The molecule has 314 valence electrons. The van der Waals surface area contributed by atoms with Crippen LogP contribution in [0.2, 0.25) is 5.02 Å². The number of β-amino-alcohol motifs (C(OH)–C–C–N with tert-alkyl or cyclic N) is 1. The average molecular weight is 829 g/mol. The van der Waals surface area contributed by atoms with E-state index in [0.717, 1.165) is 45.9 Å². The number of hydrogen-bond donors (Lipinski definition) is 5. The van der Waals surface area contributed by atoms with E-state index in [9.17, 15) is 14.7 Å². The van der Waals surface area contributed by atoms with E-state index >= 15 is 0 Å². The van der Waals surface area contributed by atoms with Crippen molar-refractivity contribution in [2.75, 3.05) is 32.8 Å². The minimum Gasteiger partial charge on any atom is -0.488 e. The van der Waals surface area contributed by atoms with E-state index in [4.69, 9.17) is 46.4 Å². The van der Waals surface area contributed by atoms with Crippen LogP contribution in [0.4, 0.5) is 0 Å². The molecule has 0 spiro atoms. The normalized spacial score (nSPS) is 15.6. The van der Waals surface area contributed by atoms with Gasteiger partial charge in [0.05, 0.1) is 16.7 Å². The Morgan fingerprint density at radius 2 is 1.81 bits per heavy atom. The van der Waals surface area contributed by atoms with Gasteiger partial charge in [0.25, 0.3) is 5.91 Å². The molecule has 1 aromatic heterocycles. The smallest absolute Gasteiger partial charge is 0.329 e. The number of benzene rings is 3. The molecule has 0 aliphatic carbocycles. The van der Waals surface area contributed by atoms with E-state index in [2.05, 4.69) is 33.5 Å². The molecule has 14 nitrogen and oxygen atoms in total. The molecular formula is C44H53ClN6O8. The van der Waals surface area contributed by atoms with Crippen molar-refractivity contribution in [1.82, 2.24) is 20.5 Å². The van der Waals surface area contributed by atoms with E-state index in [0.29, 0.717) is 67.8 Å². The Balaban J connectivity index is 1.17. The van der Waals surface area contributed by atoms with Gasteiger partial charge in [-0.15, -0.1) is 0 Å². The van der Waals surface area contributed by atoms with Crippen LogP contribution in [-0.2, 0) is 29.3 Å². The zero-order valence-electron chi connectivity index (χ0n) is 33.9. The number of aliphatic hydroxyl groups is 1. The monoisotopic (exact) mass is 828 g/mol. The molecule has 1 amide bonds. The molecule has 2 aliphatic heterocycles. The number of aliphatic hydroxyl groups excluding tert-OH is 1. The van der Waals surface area contributed by atoms with Crippen LogP contribution >= 0.6 is 11.6 Å². The second-order valence-corrected chi connectivity index (χ2v) is 16.1. The summed E-state index contributed by atoms with van der Waals surface area (Å²) in [6.45, 7) is 10.8. The number of likely N-dealkylation sites (tertiary alicyclic amines) is 1. The molecule has 2 atom stereocenters. The van der Waals surface area contributed by atoms with Crippen molar-refractivity contribution < 1.29 is 38.4 Å². The van der Waals surface area contributed by atoms with Crippen molar-refractivity contribution in [3.05, 3.63) is 99.8 Å². The lowest BCUT2D eigenvalue weighted by Gasteiger charge is -2.24. The van der Waals surface area contributed by atoms with Crippen LogP contribution in [0.15, 0.2) is 67.0 Å². The maximum Gasteiger partial charge on any atom is 0.329 e. The number of rotatable bonds is 16. The molecular weight excluding hydrogens is 776 g/mol. The summed E-state index contributed by atoms with van der Waals surface area (Å²) in [4.78, 5) is 33.0. The fraction of sp³-hybridized carbons (Fsp3) is 0.409. The Morgan fingerprint density at radius 3 is 2.56 bits per heavy atom. The standard InChI is InChI=1S/C44H53ClN6O8/c1-27-30(7-5-8-34(27)29-10-11-37-40(19-29)56-16-15-55-37)26-58-39-20-38(32(18-35(39)45)23-51-14-12-33(52)24-51)57-25-28-17-31(22-48-21-28)41(53)50-36(9-6-13-49-43(46)47)42(54)59-44(2,3)4/h5,7-8,10-11,17-22,33,36,52H,6,9,12-16,23-26H2,1-4H3,(H,50,53)(H4,46,47,49)/t33-,36-/m0/s1. The maximum absolute atomic E-state index is 13.5. The Bertz CT molecular complexity index is 2140. The summed E-state index contributed by atoms with van der Waals surface area (Å²) in [6, 6.07) is 16.4. The zero-order chi connectivity index (χ0) is 42.1. The summed E-state index contributed by atoms with van der Waals surface area (Å²) in [5.41, 5.74) is 10.4. The molecule has 0 bridgehead atoms. The van der Waals surface area contributed by atoms with Gasteiger partial charge in [-0.1, -0.05) is 35.9 Å². The molecule has 3 heterocycles. The van der Waals surface area contributed by atoms with Crippen LogP contribution in [0.25, 0.3) is 11.1 Å². The van der Waals surface area contributed by atoms with Crippen LogP contribution in [0.1, 0.15) is 72.6 Å². The van der Waals surface area contributed by atoms with E-state index in [1.54, 1.807) is 39.1 Å². The van der Waals surface area contributed by atoms with Crippen molar-refractivity contribution in [1.29, 1.82) is 5.41 Å². The van der Waals surface area contributed by atoms with Crippen LogP contribution in [0, 0.1) is 12.3 Å². The molecule has 6 N–H and O–H groups in total. The fourth-order valence-corrected chi connectivity index (χ4v) is 7.15. The van der Waals surface area contributed by atoms with Crippen LogP contribution in [0.5, 0.6) is 23.0 Å². The van der Waals surface area contributed by atoms with Crippen molar-refractivity contribution >= 4 is 29.4 Å². The number of carbonyl (C=O) groups is 2. The minimum absolute atomic E-state index is 0.0632. The molecule has 15 heteroatoms. The Morgan fingerprint density at radius 1 is 1.03 bits per heavy atom. The highest BCUT2D eigenvalue weighted by Gasteiger charge is 2.27. The Kier molecular flexibility index (Phi) is 14.2. The first kappa shape index (κ1) is 43.0. The quantitative estimate of drug-likeness (QED) is 0.0389. The van der Waals surface area contributed by atoms with E-state index in [1.165, 1.54) is 6.20 Å². The second kappa shape index (κ2) is 19.5. The highest BCUT2D eigenvalue weighted by atomic mass is 35.5. The lowest BCUT2D eigenvalue weighted by atomic mass is 9.96. The number of nitrogens with two attached hydrogens (primary N) is 1. The predicted octanol–water partition coefficient (Wildman–Crippen LogP) is 5.91. The van der Waals surface area contributed by atoms with E-state index < -0.39 is 29.6 Å². The SMILES string of the molecule is Cc1c(COc2cc(OCc3cncc(C(=O)N[C@@H](CCCNC(=N)N)C(=O)OC(C)(C)C)c3)c(CN3CC[C@H](O)C3)cc2Cl)cccc1-c1ccc2c(c1)OCCO2. The van der Waals surface area contributed by atoms with Crippen molar-refractivity contribution in [2.45, 2.75) is 84.5 Å². The Labute approximate surface area is 349 Å². The lowest BCUT2D eigenvalue weighted by molar-refractivity contribution is -0.157. The number of hydrogen-bond acceptors (Lipinski definition) is 11. The molecule has 4 aromatic rings. The molecule has 2 aliphatic rings. The summed E-state index contributed by atoms with van der Waals surface area (Å²) in [5, 5.41) is 23.5. The fourth-order valence-electron chi connectivity index (χ4n) is 6.90. The van der Waals surface area contributed by atoms with Crippen molar-refractivity contribution in [3.8, 4) is 34.1 Å². The van der Waals surface area contributed by atoms with Crippen LogP contribution in [-0.4, -0.2) is 83.4 Å². The number of ether oxygens (including phenoxy) is 5. The molecule has 3 aromatic carbocycles. The van der Waals surface area contributed by atoms with Crippen LogP contribution < -0.4 is 35.3 Å². The molecule has 1 fully saturated rings. The lowest BCUT2D eigenvalue weighted by Crippen LogP contribution is -2.44. The zero-order valence-corrected chi connectivity index (χ0v) is 34.7. The average Bonchev–Trinajstić information content (AvgIpc) is 3.61. The van der Waals surface area contributed by atoms with Gasteiger partial charge in [-0.3, -0.25) is 20.1 Å². The molecule has 0 saturated carbocycles. The van der Waals surface area contributed by atoms with Gasteiger partial charge in [0.15, 0.2) is 17.5 Å². The molecule has 0 radical (unpaired) electrons. The van der Waals surface area contributed by atoms with E-state index in [1.807, 2.05) is 36.4 Å².